The van der Waals surface area contributed by atoms with Gasteiger partial charge in [0, 0.05) is 24.8 Å². The van der Waals surface area contributed by atoms with Gasteiger partial charge in [-0.2, -0.15) is 28.1 Å². The van der Waals surface area contributed by atoms with Gasteiger partial charge in [0.2, 0.25) is 5.95 Å². The Morgan fingerprint density at radius 1 is 1.06 bits per heavy atom. The molecule has 1 atom stereocenters. The van der Waals surface area contributed by atoms with E-state index in [0.717, 1.165) is 12.1 Å². The first kappa shape index (κ1) is 21.8. The van der Waals surface area contributed by atoms with Crippen molar-refractivity contribution in [1.29, 1.82) is 0 Å². The highest BCUT2D eigenvalue weighted by atomic mass is 19.4. The van der Waals surface area contributed by atoms with Gasteiger partial charge in [0.15, 0.2) is 5.82 Å². The number of hydrogen-bond acceptors (Lipinski definition) is 8. The SMILES string of the molecule is COc1cccc(Oc2nc(Nc3cccc(C(F)(F)F)c3)nc(C3CNCCO3)n2)c1. The molecule has 0 spiro atoms. The van der Waals surface area contributed by atoms with Crippen LogP contribution >= 0.6 is 0 Å². The minimum Gasteiger partial charge on any atom is -0.497 e. The zero-order valence-electron chi connectivity index (χ0n) is 17.0. The van der Waals surface area contributed by atoms with Crippen molar-refractivity contribution in [3.63, 3.8) is 0 Å². The first-order chi connectivity index (χ1) is 15.4. The lowest BCUT2D eigenvalue weighted by molar-refractivity contribution is -0.137. The fourth-order valence-electron chi connectivity index (χ4n) is 3.02. The largest absolute Gasteiger partial charge is 0.497 e. The maximum absolute atomic E-state index is 13.1. The maximum Gasteiger partial charge on any atom is 0.416 e. The molecule has 1 aliphatic heterocycles. The molecule has 0 bridgehead atoms. The van der Waals surface area contributed by atoms with Gasteiger partial charge in [0.1, 0.15) is 17.6 Å². The second-order valence-electron chi connectivity index (χ2n) is 6.85. The molecule has 1 saturated heterocycles. The summed E-state index contributed by atoms with van der Waals surface area (Å²) in [7, 11) is 1.53. The highest BCUT2D eigenvalue weighted by molar-refractivity contribution is 5.55. The zero-order valence-corrected chi connectivity index (χ0v) is 17.0. The highest BCUT2D eigenvalue weighted by Gasteiger charge is 2.30. The predicted octanol–water partition coefficient (Wildman–Crippen LogP) is 4.10. The van der Waals surface area contributed by atoms with Gasteiger partial charge in [-0.25, -0.2) is 0 Å². The summed E-state index contributed by atoms with van der Waals surface area (Å²) in [5.41, 5.74) is -0.614. The molecule has 3 aromatic rings. The molecule has 1 aliphatic rings. The van der Waals surface area contributed by atoms with Crippen LogP contribution in [0.4, 0.5) is 24.8 Å². The minimum atomic E-state index is -4.47. The number of aromatic nitrogens is 3. The van der Waals surface area contributed by atoms with Crippen LogP contribution in [0.2, 0.25) is 0 Å². The van der Waals surface area contributed by atoms with E-state index in [2.05, 4.69) is 25.6 Å². The van der Waals surface area contributed by atoms with E-state index in [9.17, 15) is 13.2 Å². The van der Waals surface area contributed by atoms with Crippen LogP contribution < -0.4 is 20.1 Å². The van der Waals surface area contributed by atoms with E-state index in [4.69, 9.17) is 14.2 Å². The van der Waals surface area contributed by atoms with Crippen molar-refractivity contribution in [3.05, 3.63) is 59.9 Å². The van der Waals surface area contributed by atoms with Crippen LogP contribution in [0.5, 0.6) is 17.5 Å². The number of rotatable bonds is 6. The predicted molar refractivity (Wildman–Crippen MR) is 109 cm³/mol. The van der Waals surface area contributed by atoms with Crippen molar-refractivity contribution < 1.29 is 27.4 Å². The van der Waals surface area contributed by atoms with Crippen molar-refractivity contribution in [2.45, 2.75) is 12.3 Å². The van der Waals surface area contributed by atoms with Crippen LogP contribution in [0.1, 0.15) is 17.5 Å². The molecule has 1 aromatic heterocycles. The molecular weight excluding hydrogens is 427 g/mol. The lowest BCUT2D eigenvalue weighted by Gasteiger charge is -2.22. The van der Waals surface area contributed by atoms with E-state index in [-0.39, 0.29) is 17.6 Å². The first-order valence-electron chi connectivity index (χ1n) is 9.75. The topological polar surface area (TPSA) is 90.4 Å². The number of nitrogens with one attached hydrogen (secondary N) is 2. The lowest BCUT2D eigenvalue weighted by Crippen LogP contribution is -2.34. The molecule has 32 heavy (non-hydrogen) atoms. The first-order valence-corrected chi connectivity index (χ1v) is 9.75. The van der Waals surface area contributed by atoms with Gasteiger partial charge in [-0.3, -0.25) is 0 Å². The Labute approximate surface area is 181 Å². The van der Waals surface area contributed by atoms with Gasteiger partial charge in [-0.1, -0.05) is 12.1 Å². The van der Waals surface area contributed by atoms with Crippen LogP contribution in [0.3, 0.4) is 0 Å². The second kappa shape index (κ2) is 9.37. The summed E-state index contributed by atoms with van der Waals surface area (Å²) >= 11 is 0. The monoisotopic (exact) mass is 447 g/mol. The van der Waals surface area contributed by atoms with Crippen molar-refractivity contribution >= 4 is 11.6 Å². The fourth-order valence-corrected chi connectivity index (χ4v) is 3.02. The zero-order chi connectivity index (χ0) is 22.6. The van der Waals surface area contributed by atoms with E-state index >= 15 is 0 Å². The lowest BCUT2D eigenvalue weighted by atomic mass is 10.2. The smallest absolute Gasteiger partial charge is 0.416 e. The number of hydrogen-bond donors (Lipinski definition) is 2. The van der Waals surface area contributed by atoms with E-state index in [1.54, 1.807) is 24.3 Å². The molecule has 0 radical (unpaired) electrons. The molecule has 4 rings (SSSR count). The Hall–Kier alpha value is -3.44. The molecule has 11 heteroatoms. The quantitative estimate of drug-likeness (QED) is 0.584. The number of anilines is 2. The number of nitrogens with zero attached hydrogens (tertiary/aromatic N) is 3. The summed E-state index contributed by atoms with van der Waals surface area (Å²) in [6.07, 6.45) is -4.93. The Balaban J connectivity index is 1.65. The molecule has 2 N–H and O–H groups in total. The average molecular weight is 447 g/mol. The van der Waals surface area contributed by atoms with Crippen LogP contribution in [0, 0.1) is 0 Å². The minimum absolute atomic E-state index is 0.0291. The summed E-state index contributed by atoms with van der Waals surface area (Å²) in [5.74, 6) is 1.33. The summed E-state index contributed by atoms with van der Waals surface area (Å²) in [4.78, 5) is 12.9. The van der Waals surface area contributed by atoms with Crippen molar-refractivity contribution in [2.75, 3.05) is 32.1 Å². The Kier molecular flexibility index (Phi) is 6.37. The molecule has 1 unspecified atom stereocenters. The van der Waals surface area contributed by atoms with Gasteiger partial charge in [-0.05, 0) is 30.3 Å². The van der Waals surface area contributed by atoms with Gasteiger partial charge in [-0.15, -0.1) is 0 Å². The van der Waals surface area contributed by atoms with Crippen LogP contribution in [-0.2, 0) is 10.9 Å². The molecule has 0 saturated carbocycles. The van der Waals surface area contributed by atoms with Gasteiger partial charge >= 0.3 is 12.2 Å². The highest BCUT2D eigenvalue weighted by Crippen LogP contribution is 2.31. The summed E-state index contributed by atoms with van der Waals surface area (Å²) < 4.78 is 55.8. The fraction of sp³-hybridized carbons (Fsp3) is 0.286. The van der Waals surface area contributed by atoms with E-state index < -0.39 is 17.8 Å². The molecule has 1 fully saturated rings. The Morgan fingerprint density at radius 2 is 1.88 bits per heavy atom. The van der Waals surface area contributed by atoms with Gasteiger partial charge in [0.25, 0.3) is 0 Å². The Morgan fingerprint density at radius 3 is 2.62 bits per heavy atom. The summed E-state index contributed by atoms with van der Waals surface area (Å²) in [6, 6.07) is 11.6. The number of halogens is 3. The summed E-state index contributed by atoms with van der Waals surface area (Å²) in [5, 5.41) is 5.98. The van der Waals surface area contributed by atoms with E-state index in [1.165, 1.54) is 19.2 Å². The maximum atomic E-state index is 13.1. The molecule has 8 nitrogen and oxygen atoms in total. The number of alkyl halides is 3. The van der Waals surface area contributed by atoms with Crippen molar-refractivity contribution in [2.24, 2.45) is 0 Å². The van der Waals surface area contributed by atoms with Crippen LogP contribution in [0.25, 0.3) is 0 Å². The Bertz CT molecular complexity index is 1070. The van der Waals surface area contributed by atoms with E-state index in [0.29, 0.717) is 37.0 Å². The summed E-state index contributed by atoms with van der Waals surface area (Å²) in [6.45, 7) is 1.65. The van der Waals surface area contributed by atoms with Crippen LogP contribution in [0.15, 0.2) is 48.5 Å². The van der Waals surface area contributed by atoms with E-state index in [1.807, 2.05) is 0 Å². The average Bonchev–Trinajstić information content (AvgIpc) is 2.79. The second-order valence-corrected chi connectivity index (χ2v) is 6.85. The number of methoxy groups -OCH3 is 1. The van der Waals surface area contributed by atoms with Gasteiger partial charge < -0.3 is 24.8 Å². The standard InChI is InChI=1S/C21H20F3N5O3/c1-30-15-6-3-7-16(11-15)32-20-28-18(17-12-25-8-9-31-17)27-19(29-20)26-14-5-2-4-13(10-14)21(22,23)24/h2-7,10-11,17,25H,8-9,12H2,1H3,(H,26,27,28,29). The molecule has 0 aliphatic carbocycles. The molecular formula is C21H20F3N5O3. The molecule has 2 heterocycles. The molecule has 0 amide bonds. The molecule has 168 valence electrons. The third kappa shape index (κ3) is 5.42. The van der Waals surface area contributed by atoms with Gasteiger partial charge in [0.05, 0.1) is 19.3 Å². The normalized spacial score (nSPS) is 16.4. The van der Waals surface area contributed by atoms with Crippen molar-refractivity contribution in [1.82, 2.24) is 20.3 Å². The number of morpholine rings is 1. The number of ether oxygens (including phenoxy) is 3. The van der Waals surface area contributed by atoms with Crippen LogP contribution in [-0.4, -0.2) is 41.8 Å². The molecule has 2 aromatic carbocycles. The number of benzene rings is 2. The third-order valence-electron chi connectivity index (χ3n) is 4.54. The third-order valence-corrected chi connectivity index (χ3v) is 4.54. The van der Waals surface area contributed by atoms with Crippen molar-refractivity contribution in [3.8, 4) is 17.5 Å².